The zero-order valence-corrected chi connectivity index (χ0v) is 10.8. The van der Waals surface area contributed by atoms with Gasteiger partial charge in [-0.1, -0.05) is 43.0 Å². The molecule has 0 heterocycles. The minimum Gasteiger partial charge on any atom is -0.384 e. The summed E-state index contributed by atoms with van der Waals surface area (Å²) in [6, 6.07) is 3.79. The van der Waals surface area contributed by atoms with Crippen LogP contribution in [0.3, 0.4) is 0 Å². The Morgan fingerprint density at radius 2 is 1.87 bits per heavy atom. The SMILES string of the molecule is CCCCCNc1cc(Cl)c(C)cc1Cl. The highest BCUT2D eigenvalue weighted by Gasteiger charge is 2.03. The Bertz CT molecular complexity index is 324. The number of anilines is 1. The van der Waals surface area contributed by atoms with Crippen LogP contribution in [0, 0.1) is 6.92 Å². The average molecular weight is 246 g/mol. The van der Waals surface area contributed by atoms with Crippen molar-refractivity contribution >= 4 is 28.9 Å². The van der Waals surface area contributed by atoms with Gasteiger partial charge in [-0.15, -0.1) is 0 Å². The van der Waals surface area contributed by atoms with Crippen LogP contribution < -0.4 is 5.32 Å². The molecule has 0 aliphatic carbocycles. The third kappa shape index (κ3) is 3.92. The number of rotatable bonds is 5. The van der Waals surface area contributed by atoms with Crippen molar-refractivity contribution in [2.24, 2.45) is 0 Å². The number of aryl methyl sites for hydroxylation is 1. The third-order valence-electron chi connectivity index (χ3n) is 2.34. The number of hydrogen-bond donors (Lipinski definition) is 1. The van der Waals surface area contributed by atoms with E-state index < -0.39 is 0 Å². The molecule has 15 heavy (non-hydrogen) atoms. The predicted molar refractivity (Wildman–Crippen MR) is 69.2 cm³/mol. The summed E-state index contributed by atoms with van der Waals surface area (Å²) in [5.41, 5.74) is 1.95. The maximum absolute atomic E-state index is 6.09. The van der Waals surface area contributed by atoms with Crippen molar-refractivity contribution in [3.8, 4) is 0 Å². The Morgan fingerprint density at radius 3 is 2.53 bits per heavy atom. The van der Waals surface area contributed by atoms with E-state index in [1.807, 2.05) is 19.1 Å². The van der Waals surface area contributed by atoms with Gasteiger partial charge in [0.2, 0.25) is 0 Å². The van der Waals surface area contributed by atoms with Gasteiger partial charge in [-0.2, -0.15) is 0 Å². The molecule has 0 bridgehead atoms. The van der Waals surface area contributed by atoms with Gasteiger partial charge in [0.1, 0.15) is 0 Å². The molecule has 0 aromatic heterocycles. The Hall–Kier alpha value is -0.400. The molecule has 0 atom stereocenters. The van der Waals surface area contributed by atoms with Crippen molar-refractivity contribution in [3.63, 3.8) is 0 Å². The van der Waals surface area contributed by atoms with Crippen molar-refractivity contribution in [2.75, 3.05) is 11.9 Å². The number of nitrogens with one attached hydrogen (secondary N) is 1. The summed E-state index contributed by atoms with van der Waals surface area (Å²) in [6.45, 7) is 5.09. The van der Waals surface area contributed by atoms with E-state index in [4.69, 9.17) is 23.2 Å². The van der Waals surface area contributed by atoms with Crippen molar-refractivity contribution in [3.05, 3.63) is 27.7 Å². The summed E-state index contributed by atoms with van der Waals surface area (Å²) in [7, 11) is 0. The van der Waals surface area contributed by atoms with Crippen molar-refractivity contribution in [1.29, 1.82) is 0 Å². The largest absolute Gasteiger partial charge is 0.384 e. The van der Waals surface area contributed by atoms with E-state index >= 15 is 0 Å². The second-order valence-electron chi connectivity index (χ2n) is 3.72. The van der Waals surface area contributed by atoms with Crippen LogP contribution in [0.4, 0.5) is 5.69 Å². The van der Waals surface area contributed by atoms with Crippen molar-refractivity contribution in [1.82, 2.24) is 0 Å². The lowest BCUT2D eigenvalue weighted by Crippen LogP contribution is -2.02. The van der Waals surface area contributed by atoms with Crippen LogP contribution >= 0.6 is 23.2 Å². The normalized spacial score (nSPS) is 10.4. The Morgan fingerprint density at radius 1 is 1.13 bits per heavy atom. The van der Waals surface area contributed by atoms with E-state index in [1.165, 1.54) is 19.3 Å². The Kier molecular flexibility index (Phi) is 5.27. The standard InChI is InChI=1S/C12H17Cl2N/c1-3-4-5-6-15-12-8-10(13)9(2)7-11(12)14/h7-8,15H,3-6H2,1-2H3. The lowest BCUT2D eigenvalue weighted by atomic mass is 10.2. The fraction of sp³-hybridized carbons (Fsp3) is 0.500. The van der Waals surface area contributed by atoms with Crippen LogP contribution in [0.1, 0.15) is 31.7 Å². The topological polar surface area (TPSA) is 12.0 Å². The smallest absolute Gasteiger partial charge is 0.0641 e. The van der Waals surface area contributed by atoms with Gasteiger partial charge in [-0.25, -0.2) is 0 Å². The second-order valence-corrected chi connectivity index (χ2v) is 4.53. The first kappa shape index (κ1) is 12.7. The van der Waals surface area contributed by atoms with Gasteiger partial charge in [0, 0.05) is 11.6 Å². The quantitative estimate of drug-likeness (QED) is 0.728. The first-order valence-electron chi connectivity index (χ1n) is 5.34. The van der Waals surface area contributed by atoms with Gasteiger partial charge in [-0.3, -0.25) is 0 Å². The summed E-state index contributed by atoms with van der Waals surface area (Å²) < 4.78 is 0. The van der Waals surface area contributed by atoms with Crippen molar-refractivity contribution < 1.29 is 0 Å². The Balaban J connectivity index is 2.57. The van der Waals surface area contributed by atoms with Gasteiger partial charge in [0.15, 0.2) is 0 Å². The van der Waals surface area contributed by atoms with Crippen LogP contribution in [0.2, 0.25) is 10.0 Å². The predicted octanol–water partition coefficient (Wildman–Crippen LogP) is 4.90. The van der Waals surface area contributed by atoms with E-state index in [0.29, 0.717) is 0 Å². The van der Waals surface area contributed by atoms with Crippen LogP contribution in [0.5, 0.6) is 0 Å². The molecule has 0 saturated carbocycles. The summed E-state index contributed by atoms with van der Waals surface area (Å²) >= 11 is 12.1. The Labute approximate surface area is 102 Å². The summed E-state index contributed by atoms with van der Waals surface area (Å²) in [5.74, 6) is 0. The first-order chi connectivity index (χ1) is 7.15. The molecule has 1 nitrogen and oxygen atoms in total. The molecule has 1 aromatic rings. The molecule has 0 aliphatic rings. The molecule has 0 aliphatic heterocycles. The highest BCUT2D eigenvalue weighted by molar-refractivity contribution is 6.35. The molecule has 1 aromatic carbocycles. The van der Waals surface area contributed by atoms with Gasteiger partial charge >= 0.3 is 0 Å². The molecule has 3 heteroatoms. The van der Waals surface area contributed by atoms with Gasteiger partial charge < -0.3 is 5.32 Å². The lowest BCUT2D eigenvalue weighted by Gasteiger charge is -2.09. The number of unbranched alkanes of at least 4 members (excludes halogenated alkanes) is 2. The lowest BCUT2D eigenvalue weighted by molar-refractivity contribution is 0.744. The van der Waals surface area contributed by atoms with Gasteiger partial charge in [-0.05, 0) is 31.0 Å². The van der Waals surface area contributed by atoms with E-state index in [1.54, 1.807) is 0 Å². The van der Waals surface area contributed by atoms with Crippen LogP contribution in [-0.4, -0.2) is 6.54 Å². The van der Waals surface area contributed by atoms with Gasteiger partial charge in [0.25, 0.3) is 0 Å². The molecular formula is C12H17Cl2N. The van der Waals surface area contributed by atoms with E-state index in [9.17, 15) is 0 Å². The molecule has 84 valence electrons. The molecule has 0 amide bonds. The van der Waals surface area contributed by atoms with Crippen molar-refractivity contribution in [2.45, 2.75) is 33.1 Å². The summed E-state index contributed by atoms with van der Waals surface area (Å²) in [6.07, 6.45) is 3.63. The monoisotopic (exact) mass is 245 g/mol. The fourth-order valence-electron chi connectivity index (χ4n) is 1.38. The van der Waals surface area contributed by atoms with Crippen LogP contribution in [0.15, 0.2) is 12.1 Å². The summed E-state index contributed by atoms with van der Waals surface area (Å²) in [5, 5.41) is 4.80. The molecular weight excluding hydrogens is 229 g/mol. The fourth-order valence-corrected chi connectivity index (χ4v) is 1.83. The maximum Gasteiger partial charge on any atom is 0.0641 e. The van der Waals surface area contributed by atoms with Crippen LogP contribution in [0.25, 0.3) is 0 Å². The zero-order valence-electron chi connectivity index (χ0n) is 9.24. The minimum atomic E-state index is 0.744. The molecule has 0 saturated heterocycles. The highest BCUT2D eigenvalue weighted by atomic mass is 35.5. The first-order valence-corrected chi connectivity index (χ1v) is 6.10. The minimum absolute atomic E-state index is 0.744. The number of benzene rings is 1. The molecule has 0 radical (unpaired) electrons. The molecule has 1 N–H and O–H groups in total. The molecule has 0 spiro atoms. The van der Waals surface area contributed by atoms with Crippen LogP contribution in [-0.2, 0) is 0 Å². The molecule has 1 rings (SSSR count). The number of hydrogen-bond acceptors (Lipinski definition) is 1. The average Bonchev–Trinajstić information content (AvgIpc) is 2.20. The van der Waals surface area contributed by atoms with E-state index in [2.05, 4.69) is 12.2 Å². The maximum atomic E-state index is 6.09. The van der Waals surface area contributed by atoms with E-state index in [0.717, 1.165) is 27.8 Å². The molecule has 0 fully saturated rings. The van der Waals surface area contributed by atoms with E-state index in [-0.39, 0.29) is 0 Å². The van der Waals surface area contributed by atoms with Gasteiger partial charge in [0.05, 0.1) is 10.7 Å². The third-order valence-corrected chi connectivity index (χ3v) is 3.06. The summed E-state index contributed by atoms with van der Waals surface area (Å²) in [4.78, 5) is 0. The second kappa shape index (κ2) is 6.24. The highest BCUT2D eigenvalue weighted by Crippen LogP contribution is 2.28. The zero-order chi connectivity index (χ0) is 11.3. The number of halogens is 2. The molecule has 0 unspecified atom stereocenters.